The summed E-state index contributed by atoms with van der Waals surface area (Å²) in [5.41, 5.74) is 4.47. The standard InChI is InChI=1S/C23H38O3.H3N/c1-5-9-13-17-18(14-10-6-2)20(16-12-8-4)22(24)21(23(25)26)19(17)15-11-7-3;/h24H,5-16H2,1-4H3,(H,25,26);1H3. The molecule has 0 amide bonds. The Labute approximate surface area is 166 Å². The summed E-state index contributed by atoms with van der Waals surface area (Å²) < 4.78 is 0. The Morgan fingerprint density at radius 3 is 1.37 bits per heavy atom. The van der Waals surface area contributed by atoms with Gasteiger partial charge in [-0.15, -0.1) is 0 Å². The highest BCUT2D eigenvalue weighted by Gasteiger charge is 2.26. The van der Waals surface area contributed by atoms with Crippen LogP contribution in [0.5, 0.6) is 5.75 Å². The van der Waals surface area contributed by atoms with Crippen LogP contribution < -0.4 is 6.15 Å². The highest BCUT2D eigenvalue weighted by Crippen LogP contribution is 2.37. The minimum absolute atomic E-state index is 0. The molecule has 0 saturated carbocycles. The number of phenols is 1. The van der Waals surface area contributed by atoms with E-state index < -0.39 is 5.97 Å². The number of carboxylic acid groups (broad SMARTS) is 1. The molecule has 0 fully saturated rings. The second-order valence-electron chi connectivity index (χ2n) is 7.36. The Morgan fingerprint density at radius 1 is 0.667 bits per heavy atom. The van der Waals surface area contributed by atoms with Gasteiger partial charge in [0, 0.05) is 0 Å². The van der Waals surface area contributed by atoms with Gasteiger partial charge in [0.2, 0.25) is 0 Å². The van der Waals surface area contributed by atoms with Gasteiger partial charge in [-0.3, -0.25) is 0 Å². The fourth-order valence-corrected chi connectivity index (χ4v) is 3.75. The number of hydrogen-bond donors (Lipinski definition) is 3. The minimum Gasteiger partial charge on any atom is -0.507 e. The molecule has 5 N–H and O–H groups in total. The SMILES string of the molecule is CCCCc1c(O)c(C(=O)O)c(CCCC)c(CCCC)c1CCCC.N. The van der Waals surface area contributed by atoms with Gasteiger partial charge in [0.1, 0.15) is 11.3 Å². The fraction of sp³-hybridized carbons (Fsp3) is 0.696. The van der Waals surface area contributed by atoms with Gasteiger partial charge in [-0.2, -0.15) is 0 Å². The minimum atomic E-state index is -0.980. The molecular formula is C23H41NO3. The Hall–Kier alpha value is -1.55. The van der Waals surface area contributed by atoms with Gasteiger partial charge < -0.3 is 16.4 Å². The van der Waals surface area contributed by atoms with Crippen LogP contribution in [0, 0.1) is 0 Å². The van der Waals surface area contributed by atoms with Crippen LogP contribution in [0.3, 0.4) is 0 Å². The van der Waals surface area contributed by atoms with E-state index in [9.17, 15) is 15.0 Å². The summed E-state index contributed by atoms with van der Waals surface area (Å²) in [4.78, 5) is 12.0. The summed E-state index contributed by atoms with van der Waals surface area (Å²) in [5, 5.41) is 20.8. The maximum atomic E-state index is 12.0. The van der Waals surface area contributed by atoms with Gasteiger partial charge in [0.15, 0.2) is 0 Å². The summed E-state index contributed by atoms with van der Waals surface area (Å²) in [7, 11) is 0. The second-order valence-corrected chi connectivity index (χ2v) is 7.36. The van der Waals surface area contributed by atoms with Crippen LogP contribution in [0.25, 0.3) is 0 Å². The molecule has 0 heterocycles. The molecule has 0 saturated heterocycles. The highest BCUT2D eigenvalue weighted by atomic mass is 16.4. The number of unbranched alkanes of at least 4 members (excludes halogenated alkanes) is 4. The summed E-state index contributed by atoms with van der Waals surface area (Å²) in [6, 6.07) is 0. The van der Waals surface area contributed by atoms with Crippen LogP contribution in [-0.2, 0) is 25.7 Å². The molecule has 1 aromatic rings. The molecule has 0 unspecified atom stereocenters. The lowest BCUT2D eigenvalue weighted by molar-refractivity contribution is 0.0692. The number of carbonyl (C=O) groups is 1. The smallest absolute Gasteiger partial charge is 0.339 e. The number of carboxylic acids is 1. The summed E-state index contributed by atoms with van der Waals surface area (Å²) in [5.74, 6) is -0.936. The first-order chi connectivity index (χ1) is 12.5. The molecule has 156 valence electrons. The van der Waals surface area contributed by atoms with E-state index in [2.05, 4.69) is 27.7 Å². The number of hydrogen-bond acceptors (Lipinski definition) is 3. The van der Waals surface area contributed by atoms with Crippen LogP contribution in [0.1, 0.15) is 112 Å². The second kappa shape index (κ2) is 13.6. The highest BCUT2D eigenvalue weighted by molar-refractivity contribution is 5.94. The van der Waals surface area contributed by atoms with E-state index in [1.807, 2.05) is 0 Å². The largest absolute Gasteiger partial charge is 0.507 e. The van der Waals surface area contributed by atoms with Gasteiger partial charge in [0.25, 0.3) is 0 Å². The molecule has 0 aliphatic heterocycles. The van der Waals surface area contributed by atoms with Crippen molar-refractivity contribution in [1.29, 1.82) is 0 Å². The Balaban J connectivity index is 0.00000676. The lowest BCUT2D eigenvalue weighted by atomic mass is 9.82. The molecule has 1 rings (SSSR count). The van der Waals surface area contributed by atoms with Crippen molar-refractivity contribution in [3.8, 4) is 5.75 Å². The predicted octanol–water partition coefficient (Wildman–Crippen LogP) is 6.62. The Bertz CT molecular complexity index is 582. The van der Waals surface area contributed by atoms with Crippen molar-refractivity contribution in [1.82, 2.24) is 6.15 Å². The number of rotatable bonds is 13. The summed E-state index contributed by atoms with van der Waals surface area (Å²) in [6.45, 7) is 8.61. The van der Waals surface area contributed by atoms with Crippen molar-refractivity contribution < 1.29 is 15.0 Å². The van der Waals surface area contributed by atoms with Crippen molar-refractivity contribution in [2.24, 2.45) is 0 Å². The normalized spacial score (nSPS) is 10.7. The summed E-state index contributed by atoms with van der Waals surface area (Å²) >= 11 is 0. The first kappa shape index (κ1) is 25.4. The maximum absolute atomic E-state index is 12.0. The molecule has 27 heavy (non-hydrogen) atoms. The van der Waals surface area contributed by atoms with Crippen molar-refractivity contribution in [2.75, 3.05) is 0 Å². The topological polar surface area (TPSA) is 92.5 Å². The molecule has 0 aliphatic rings. The number of aromatic hydroxyl groups is 1. The predicted molar refractivity (Wildman–Crippen MR) is 115 cm³/mol. The van der Waals surface area contributed by atoms with E-state index >= 15 is 0 Å². The van der Waals surface area contributed by atoms with Crippen LogP contribution in [0.2, 0.25) is 0 Å². The van der Waals surface area contributed by atoms with Gasteiger partial charge in [-0.05, 0) is 73.6 Å². The molecule has 1 aromatic carbocycles. The zero-order valence-corrected chi connectivity index (χ0v) is 18.0. The van der Waals surface area contributed by atoms with E-state index in [-0.39, 0.29) is 17.5 Å². The Kier molecular flexibility index (Phi) is 12.8. The van der Waals surface area contributed by atoms with Crippen LogP contribution >= 0.6 is 0 Å². The molecule has 0 radical (unpaired) electrons. The lowest BCUT2D eigenvalue weighted by Crippen LogP contribution is -2.14. The molecule has 0 aliphatic carbocycles. The maximum Gasteiger partial charge on any atom is 0.339 e. The van der Waals surface area contributed by atoms with E-state index in [4.69, 9.17) is 0 Å². The number of benzene rings is 1. The van der Waals surface area contributed by atoms with E-state index in [0.29, 0.717) is 0 Å². The fourth-order valence-electron chi connectivity index (χ4n) is 3.75. The van der Waals surface area contributed by atoms with Crippen molar-refractivity contribution >= 4 is 5.97 Å². The van der Waals surface area contributed by atoms with Crippen molar-refractivity contribution in [3.05, 3.63) is 27.8 Å². The molecule has 4 nitrogen and oxygen atoms in total. The van der Waals surface area contributed by atoms with Gasteiger partial charge in [-0.25, -0.2) is 4.79 Å². The van der Waals surface area contributed by atoms with Crippen molar-refractivity contribution in [2.45, 2.75) is 105 Å². The molecule has 0 bridgehead atoms. The summed E-state index contributed by atoms with van der Waals surface area (Å²) in [6.07, 6.45) is 11.7. The molecule has 0 spiro atoms. The van der Waals surface area contributed by atoms with Gasteiger partial charge in [-0.1, -0.05) is 53.4 Å². The van der Waals surface area contributed by atoms with Gasteiger partial charge in [0.05, 0.1) is 0 Å². The number of aromatic carboxylic acids is 1. The zero-order valence-electron chi connectivity index (χ0n) is 18.0. The van der Waals surface area contributed by atoms with E-state index in [1.165, 1.54) is 11.1 Å². The first-order valence-electron chi connectivity index (χ1n) is 10.6. The monoisotopic (exact) mass is 379 g/mol. The van der Waals surface area contributed by atoms with Crippen LogP contribution in [0.15, 0.2) is 0 Å². The molecular weight excluding hydrogens is 338 g/mol. The van der Waals surface area contributed by atoms with Crippen LogP contribution in [0.4, 0.5) is 0 Å². The first-order valence-corrected chi connectivity index (χ1v) is 10.6. The van der Waals surface area contributed by atoms with Gasteiger partial charge >= 0.3 is 5.97 Å². The molecule has 0 aromatic heterocycles. The average Bonchev–Trinajstić information content (AvgIpc) is 2.62. The Morgan fingerprint density at radius 2 is 1.00 bits per heavy atom. The third kappa shape index (κ3) is 6.84. The van der Waals surface area contributed by atoms with E-state index in [1.54, 1.807) is 0 Å². The third-order valence-corrected chi connectivity index (χ3v) is 5.25. The molecule has 0 atom stereocenters. The van der Waals surface area contributed by atoms with Crippen molar-refractivity contribution in [3.63, 3.8) is 0 Å². The van der Waals surface area contributed by atoms with E-state index in [0.717, 1.165) is 88.2 Å². The lowest BCUT2D eigenvalue weighted by Gasteiger charge is -2.23. The molecule has 4 heteroatoms. The van der Waals surface area contributed by atoms with Crippen LogP contribution in [-0.4, -0.2) is 16.2 Å². The quantitative estimate of drug-likeness (QED) is 0.359. The third-order valence-electron chi connectivity index (χ3n) is 5.25. The average molecular weight is 380 g/mol. The zero-order chi connectivity index (χ0) is 19.5.